The molecule has 25 heavy (non-hydrogen) atoms. The Morgan fingerprint density at radius 3 is 2.56 bits per heavy atom. The van der Waals surface area contributed by atoms with Crippen LogP contribution in [0.4, 0.5) is 0 Å². The number of rotatable bonds is 3. The van der Waals surface area contributed by atoms with Gasteiger partial charge in [0.1, 0.15) is 5.82 Å². The van der Waals surface area contributed by atoms with E-state index in [4.69, 9.17) is 4.42 Å². The Balaban J connectivity index is 1.54. The van der Waals surface area contributed by atoms with Crippen molar-refractivity contribution in [2.24, 2.45) is 12.0 Å². The molecular weight excluding hydrogens is 322 g/mol. The van der Waals surface area contributed by atoms with Gasteiger partial charge in [-0.3, -0.25) is 9.79 Å². The predicted octanol–water partition coefficient (Wildman–Crippen LogP) is 0.250. The van der Waals surface area contributed by atoms with Gasteiger partial charge in [-0.1, -0.05) is 0 Å². The zero-order valence-electron chi connectivity index (χ0n) is 14.8. The number of carbonyl (C=O) groups excluding carboxylic acids is 1. The number of aryl methyl sites for hydroxylation is 1. The standard InChI is InChI=1S/C16H23N7O2/c1-12-19-20-14(21(12)3)11-18-16(17-2)23-8-6-22(7-9-23)15(24)13-5-4-10-25-13/h4-5,10H,6-9,11H2,1-3H3,(H,17,18). The smallest absolute Gasteiger partial charge is 0.289 e. The van der Waals surface area contributed by atoms with Gasteiger partial charge >= 0.3 is 0 Å². The quantitative estimate of drug-likeness (QED) is 0.633. The maximum Gasteiger partial charge on any atom is 0.289 e. The van der Waals surface area contributed by atoms with E-state index in [9.17, 15) is 4.79 Å². The number of amides is 1. The molecule has 9 heteroatoms. The lowest BCUT2D eigenvalue weighted by Gasteiger charge is -2.36. The van der Waals surface area contributed by atoms with Crippen molar-refractivity contribution in [3.05, 3.63) is 35.8 Å². The van der Waals surface area contributed by atoms with Crippen LogP contribution in [0.2, 0.25) is 0 Å². The summed E-state index contributed by atoms with van der Waals surface area (Å²) in [4.78, 5) is 20.6. The van der Waals surface area contributed by atoms with E-state index in [1.807, 2.05) is 18.5 Å². The number of nitrogens with one attached hydrogen (secondary N) is 1. The summed E-state index contributed by atoms with van der Waals surface area (Å²) in [5.41, 5.74) is 0. The molecule has 134 valence electrons. The Bertz CT molecular complexity index is 743. The third-order valence-corrected chi connectivity index (χ3v) is 4.40. The van der Waals surface area contributed by atoms with Crippen molar-refractivity contribution >= 4 is 11.9 Å². The molecule has 1 N–H and O–H groups in total. The number of aliphatic imine (C=N–C) groups is 1. The van der Waals surface area contributed by atoms with E-state index in [0.717, 1.165) is 17.6 Å². The third-order valence-electron chi connectivity index (χ3n) is 4.40. The molecule has 2 aromatic heterocycles. The maximum atomic E-state index is 12.3. The zero-order valence-corrected chi connectivity index (χ0v) is 14.8. The SMILES string of the molecule is CN=C(NCc1nnc(C)n1C)N1CCN(C(=O)c2ccco2)CC1. The van der Waals surface area contributed by atoms with Gasteiger partial charge in [-0.15, -0.1) is 10.2 Å². The molecule has 1 aliphatic rings. The molecule has 0 atom stereocenters. The molecule has 0 unspecified atom stereocenters. The average Bonchev–Trinajstić information content (AvgIpc) is 3.28. The Morgan fingerprint density at radius 2 is 2.00 bits per heavy atom. The fraction of sp³-hybridized carbons (Fsp3) is 0.500. The van der Waals surface area contributed by atoms with Crippen LogP contribution in [0.15, 0.2) is 27.8 Å². The largest absolute Gasteiger partial charge is 0.459 e. The highest BCUT2D eigenvalue weighted by atomic mass is 16.3. The van der Waals surface area contributed by atoms with Crippen LogP contribution in [0.5, 0.6) is 0 Å². The molecule has 9 nitrogen and oxygen atoms in total. The number of guanidine groups is 1. The van der Waals surface area contributed by atoms with E-state index in [2.05, 4.69) is 25.4 Å². The summed E-state index contributed by atoms with van der Waals surface area (Å²) in [6.45, 7) is 5.15. The minimum absolute atomic E-state index is 0.0674. The van der Waals surface area contributed by atoms with E-state index in [1.54, 1.807) is 24.1 Å². The van der Waals surface area contributed by atoms with Crippen molar-refractivity contribution in [3.8, 4) is 0 Å². The number of hydrogen-bond acceptors (Lipinski definition) is 5. The number of hydrogen-bond donors (Lipinski definition) is 1. The fourth-order valence-electron chi connectivity index (χ4n) is 2.77. The lowest BCUT2D eigenvalue weighted by molar-refractivity contribution is 0.0657. The van der Waals surface area contributed by atoms with Gasteiger partial charge in [0.15, 0.2) is 17.5 Å². The van der Waals surface area contributed by atoms with E-state index < -0.39 is 0 Å². The molecule has 0 spiro atoms. The van der Waals surface area contributed by atoms with Gasteiger partial charge in [0.25, 0.3) is 5.91 Å². The molecule has 0 aliphatic carbocycles. The first-order chi connectivity index (χ1) is 12.1. The van der Waals surface area contributed by atoms with Gasteiger partial charge in [-0.05, 0) is 19.1 Å². The molecular formula is C16H23N7O2. The minimum Gasteiger partial charge on any atom is -0.459 e. The first kappa shape index (κ1) is 17.0. The van der Waals surface area contributed by atoms with Crippen molar-refractivity contribution in [1.29, 1.82) is 0 Å². The summed E-state index contributed by atoms with van der Waals surface area (Å²) < 4.78 is 7.13. The van der Waals surface area contributed by atoms with Crippen molar-refractivity contribution in [1.82, 2.24) is 29.9 Å². The van der Waals surface area contributed by atoms with Crippen LogP contribution in [0, 0.1) is 6.92 Å². The number of carbonyl (C=O) groups is 1. The molecule has 3 rings (SSSR count). The monoisotopic (exact) mass is 345 g/mol. The molecule has 2 aromatic rings. The molecule has 1 saturated heterocycles. The predicted molar refractivity (Wildman–Crippen MR) is 92.1 cm³/mol. The second-order valence-electron chi connectivity index (χ2n) is 5.88. The van der Waals surface area contributed by atoms with Crippen molar-refractivity contribution in [2.45, 2.75) is 13.5 Å². The zero-order chi connectivity index (χ0) is 17.8. The van der Waals surface area contributed by atoms with Gasteiger partial charge in [0.2, 0.25) is 0 Å². The van der Waals surface area contributed by atoms with Gasteiger partial charge in [-0.2, -0.15) is 0 Å². The summed E-state index contributed by atoms with van der Waals surface area (Å²) in [6.07, 6.45) is 1.52. The molecule has 1 aliphatic heterocycles. The number of furan rings is 1. The molecule has 0 bridgehead atoms. The van der Waals surface area contributed by atoms with E-state index >= 15 is 0 Å². The third kappa shape index (κ3) is 3.65. The number of nitrogens with zero attached hydrogens (tertiary/aromatic N) is 6. The van der Waals surface area contributed by atoms with Crippen LogP contribution < -0.4 is 5.32 Å². The lowest BCUT2D eigenvalue weighted by atomic mass is 10.3. The van der Waals surface area contributed by atoms with Gasteiger partial charge in [0, 0.05) is 40.3 Å². The van der Waals surface area contributed by atoms with Crippen LogP contribution in [-0.4, -0.2) is 69.7 Å². The van der Waals surface area contributed by atoms with E-state index in [0.29, 0.717) is 38.5 Å². The molecule has 3 heterocycles. The summed E-state index contributed by atoms with van der Waals surface area (Å²) in [5.74, 6) is 2.84. The molecule has 1 fully saturated rings. The molecule has 1 amide bonds. The van der Waals surface area contributed by atoms with Crippen molar-refractivity contribution in [3.63, 3.8) is 0 Å². The van der Waals surface area contributed by atoms with E-state index in [-0.39, 0.29) is 5.91 Å². The lowest BCUT2D eigenvalue weighted by Crippen LogP contribution is -2.53. The topological polar surface area (TPSA) is 91.8 Å². The van der Waals surface area contributed by atoms with Crippen LogP contribution in [0.25, 0.3) is 0 Å². The number of piperazine rings is 1. The minimum atomic E-state index is -0.0674. The Labute approximate surface area is 146 Å². The highest BCUT2D eigenvalue weighted by molar-refractivity contribution is 5.91. The number of aromatic nitrogens is 3. The van der Waals surface area contributed by atoms with Crippen molar-refractivity contribution < 1.29 is 9.21 Å². The second kappa shape index (κ2) is 7.37. The van der Waals surface area contributed by atoms with E-state index in [1.165, 1.54) is 6.26 Å². The second-order valence-corrected chi connectivity index (χ2v) is 5.88. The Morgan fingerprint density at radius 1 is 1.28 bits per heavy atom. The first-order valence-electron chi connectivity index (χ1n) is 8.23. The summed E-state index contributed by atoms with van der Waals surface area (Å²) >= 11 is 0. The first-order valence-corrected chi connectivity index (χ1v) is 8.23. The van der Waals surface area contributed by atoms with Crippen LogP contribution in [-0.2, 0) is 13.6 Å². The average molecular weight is 345 g/mol. The fourth-order valence-corrected chi connectivity index (χ4v) is 2.77. The summed E-state index contributed by atoms with van der Waals surface area (Å²) in [7, 11) is 3.69. The van der Waals surface area contributed by atoms with Crippen LogP contribution in [0.1, 0.15) is 22.2 Å². The highest BCUT2D eigenvalue weighted by Crippen LogP contribution is 2.09. The van der Waals surface area contributed by atoms with Gasteiger partial charge in [0.05, 0.1) is 12.8 Å². The van der Waals surface area contributed by atoms with Crippen LogP contribution >= 0.6 is 0 Å². The Kier molecular flexibility index (Phi) is 5.01. The molecule has 0 radical (unpaired) electrons. The maximum absolute atomic E-state index is 12.3. The van der Waals surface area contributed by atoms with Crippen molar-refractivity contribution in [2.75, 3.05) is 33.2 Å². The molecule has 0 aromatic carbocycles. The van der Waals surface area contributed by atoms with Gasteiger partial charge < -0.3 is 24.1 Å². The summed E-state index contributed by atoms with van der Waals surface area (Å²) in [6, 6.07) is 3.42. The molecule has 0 saturated carbocycles. The highest BCUT2D eigenvalue weighted by Gasteiger charge is 2.25. The summed E-state index contributed by atoms with van der Waals surface area (Å²) in [5, 5.41) is 11.5. The van der Waals surface area contributed by atoms with Gasteiger partial charge in [-0.25, -0.2) is 0 Å². The normalized spacial score (nSPS) is 15.6. The van der Waals surface area contributed by atoms with Crippen LogP contribution in [0.3, 0.4) is 0 Å². The Hall–Kier alpha value is -2.84.